The quantitative estimate of drug-likeness (QED) is 0.658. The summed E-state index contributed by atoms with van der Waals surface area (Å²) in [6, 6.07) is 22.4. The SMILES string of the molecule is Clc1cccc(Cc2cccc(-c3ccccn3)c2)c1. The minimum absolute atomic E-state index is 0.781. The number of halogens is 1. The largest absolute Gasteiger partial charge is 0.256 e. The first kappa shape index (κ1) is 12.9. The molecule has 1 aromatic heterocycles. The minimum Gasteiger partial charge on any atom is -0.256 e. The summed E-state index contributed by atoms with van der Waals surface area (Å²) >= 11 is 6.03. The van der Waals surface area contributed by atoms with E-state index in [1.165, 1.54) is 11.1 Å². The molecule has 0 saturated heterocycles. The van der Waals surface area contributed by atoms with Gasteiger partial charge in [0.15, 0.2) is 0 Å². The maximum atomic E-state index is 6.03. The third-order valence-electron chi connectivity index (χ3n) is 3.18. The Labute approximate surface area is 123 Å². The summed E-state index contributed by atoms with van der Waals surface area (Å²) in [7, 11) is 0. The average molecular weight is 280 g/mol. The van der Waals surface area contributed by atoms with Gasteiger partial charge in [0.05, 0.1) is 5.69 Å². The van der Waals surface area contributed by atoms with Gasteiger partial charge in [0, 0.05) is 16.8 Å². The predicted molar refractivity (Wildman–Crippen MR) is 83.9 cm³/mol. The first-order chi connectivity index (χ1) is 9.81. The van der Waals surface area contributed by atoms with Crippen LogP contribution < -0.4 is 0 Å². The number of hydrogen-bond donors (Lipinski definition) is 0. The van der Waals surface area contributed by atoms with E-state index in [9.17, 15) is 0 Å². The smallest absolute Gasteiger partial charge is 0.0702 e. The van der Waals surface area contributed by atoms with Gasteiger partial charge in [-0.2, -0.15) is 0 Å². The zero-order valence-corrected chi connectivity index (χ0v) is 11.7. The van der Waals surface area contributed by atoms with E-state index in [0.717, 1.165) is 22.7 Å². The molecule has 0 aliphatic heterocycles. The van der Waals surface area contributed by atoms with Crippen molar-refractivity contribution in [2.24, 2.45) is 0 Å². The first-order valence-corrected chi connectivity index (χ1v) is 6.94. The summed E-state index contributed by atoms with van der Waals surface area (Å²) in [5, 5.41) is 0.781. The molecule has 0 atom stereocenters. The van der Waals surface area contributed by atoms with Crippen LogP contribution in [0.3, 0.4) is 0 Å². The number of hydrogen-bond acceptors (Lipinski definition) is 1. The summed E-state index contributed by atoms with van der Waals surface area (Å²) < 4.78 is 0. The molecule has 3 rings (SSSR count). The lowest BCUT2D eigenvalue weighted by molar-refractivity contribution is 1.19. The van der Waals surface area contributed by atoms with E-state index in [-0.39, 0.29) is 0 Å². The fraction of sp³-hybridized carbons (Fsp3) is 0.0556. The van der Waals surface area contributed by atoms with Gasteiger partial charge in [0.1, 0.15) is 0 Å². The van der Waals surface area contributed by atoms with Gasteiger partial charge in [-0.3, -0.25) is 4.98 Å². The van der Waals surface area contributed by atoms with Gasteiger partial charge >= 0.3 is 0 Å². The molecule has 2 heteroatoms. The number of pyridine rings is 1. The second-order valence-corrected chi connectivity index (χ2v) is 5.16. The summed E-state index contributed by atoms with van der Waals surface area (Å²) in [6.45, 7) is 0. The first-order valence-electron chi connectivity index (χ1n) is 6.56. The van der Waals surface area contributed by atoms with Crippen molar-refractivity contribution in [3.05, 3.63) is 89.1 Å². The second kappa shape index (κ2) is 5.89. The highest BCUT2D eigenvalue weighted by molar-refractivity contribution is 6.30. The summed E-state index contributed by atoms with van der Waals surface area (Å²) in [5.74, 6) is 0. The fourth-order valence-electron chi connectivity index (χ4n) is 2.26. The van der Waals surface area contributed by atoms with Crippen LogP contribution in [0.2, 0.25) is 5.02 Å². The molecule has 0 N–H and O–H groups in total. The lowest BCUT2D eigenvalue weighted by atomic mass is 10.0. The second-order valence-electron chi connectivity index (χ2n) is 4.72. The Balaban J connectivity index is 1.88. The Bertz CT molecular complexity index is 707. The van der Waals surface area contributed by atoms with Crippen LogP contribution in [0.25, 0.3) is 11.3 Å². The van der Waals surface area contributed by atoms with Crippen molar-refractivity contribution < 1.29 is 0 Å². The van der Waals surface area contributed by atoms with Crippen molar-refractivity contribution in [2.75, 3.05) is 0 Å². The van der Waals surface area contributed by atoms with E-state index in [1.807, 2.05) is 42.6 Å². The van der Waals surface area contributed by atoms with Crippen molar-refractivity contribution in [1.82, 2.24) is 4.98 Å². The van der Waals surface area contributed by atoms with E-state index < -0.39 is 0 Å². The van der Waals surface area contributed by atoms with Crippen LogP contribution >= 0.6 is 11.6 Å². The van der Waals surface area contributed by atoms with Gasteiger partial charge in [-0.25, -0.2) is 0 Å². The molecule has 0 aliphatic rings. The standard InChI is InChI=1S/C18H14ClN/c19-17-8-4-6-15(13-17)11-14-5-3-7-16(12-14)18-9-1-2-10-20-18/h1-10,12-13H,11H2. The molecule has 1 nitrogen and oxygen atoms in total. The third-order valence-corrected chi connectivity index (χ3v) is 3.42. The van der Waals surface area contributed by atoms with Gasteiger partial charge in [-0.05, 0) is 47.9 Å². The third kappa shape index (κ3) is 3.06. The predicted octanol–water partition coefficient (Wildman–Crippen LogP) is 4.99. The van der Waals surface area contributed by atoms with Crippen molar-refractivity contribution in [1.29, 1.82) is 0 Å². The Hall–Kier alpha value is -2.12. The van der Waals surface area contributed by atoms with Crippen LogP contribution in [-0.4, -0.2) is 4.98 Å². The van der Waals surface area contributed by atoms with Gasteiger partial charge < -0.3 is 0 Å². The highest BCUT2D eigenvalue weighted by Crippen LogP contribution is 2.20. The molecule has 0 radical (unpaired) electrons. The van der Waals surface area contributed by atoms with E-state index in [4.69, 9.17) is 11.6 Å². The molecular weight excluding hydrogens is 266 g/mol. The van der Waals surface area contributed by atoms with Crippen molar-refractivity contribution in [3.63, 3.8) is 0 Å². The summed E-state index contributed by atoms with van der Waals surface area (Å²) in [5.41, 5.74) is 4.62. The van der Waals surface area contributed by atoms with E-state index in [1.54, 1.807) is 0 Å². The molecule has 20 heavy (non-hydrogen) atoms. The van der Waals surface area contributed by atoms with Crippen LogP contribution in [0.5, 0.6) is 0 Å². The number of aromatic nitrogens is 1. The Morgan fingerprint density at radius 1 is 0.800 bits per heavy atom. The highest BCUT2D eigenvalue weighted by atomic mass is 35.5. The zero-order chi connectivity index (χ0) is 13.8. The maximum Gasteiger partial charge on any atom is 0.0702 e. The molecule has 0 aliphatic carbocycles. The van der Waals surface area contributed by atoms with Crippen molar-refractivity contribution >= 4 is 11.6 Å². The fourth-order valence-corrected chi connectivity index (χ4v) is 2.47. The van der Waals surface area contributed by atoms with E-state index in [0.29, 0.717) is 0 Å². The van der Waals surface area contributed by atoms with Crippen LogP contribution in [0.15, 0.2) is 72.9 Å². The van der Waals surface area contributed by atoms with E-state index in [2.05, 4.69) is 35.3 Å². The van der Waals surface area contributed by atoms with Gasteiger partial charge in [-0.1, -0.05) is 48.0 Å². The monoisotopic (exact) mass is 279 g/mol. The van der Waals surface area contributed by atoms with Crippen LogP contribution in [0, 0.1) is 0 Å². The van der Waals surface area contributed by atoms with Crippen LogP contribution in [0.1, 0.15) is 11.1 Å². The van der Waals surface area contributed by atoms with Crippen molar-refractivity contribution in [2.45, 2.75) is 6.42 Å². The molecule has 0 saturated carbocycles. The lowest BCUT2D eigenvalue weighted by Gasteiger charge is -2.06. The Morgan fingerprint density at radius 2 is 1.60 bits per heavy atom. The lowest BCUT2D eigenvalue weighted by Crippen LogP contribution is -1.89. The van der Waals surface area contributed by atoms with Gasteiger partial charge in [0.25, 0.3) is 0 Å². The molecule has 0 fully saturated rings. The van der Waals surface area contributed by atoms with Crippen molar-refractivity contribution in [3.8, 4) is 11.3 Å². The average Bonchev–Trinajstić information content (AvgIpc) is 2.48. The minimum atomic E-state index is 0.781. The number of benzene rings is 2. The molecule has 2 aromatic carbocycles. The maximum absolute atomic E-state index is 6.03. The van der Waals surface area contributed by atoms with Crippen LogP contribution in [0.4, 0.5) is 0 Å². The molecule has 0 bridgehead atoms. The molecular formula is C18H14ClN. The topological polar surface area (TPSA) is 12.9 Å². The van der Waals surface area contributed by atoms with Gasteiger partial charge in [-0.15, -0.1) is 0 Å². The molecule has 3 aromatic rings. The molecule has 98 valence electrons. The number of nitrogens with zero attached hydrogens (tertiary/aromatic N) is 1. The number of rotatable bonds is 3. The Kier molecular flexibility index (Phi) is 3.80. The van der Waals surface area contributed by atoms with Gasteiger partial charge in [0.2, 0.25) is 0 Å². The zero-order valence-electron chi connectivity index (χ0n) is 11.0. The molecule has 1 heterocycles. The highest BCUT2D eigenvalue weighted by Gasteiger charge is 2.01. The summed E-state index contributed by atoms with van der Waals surface area (Å²) in [6.07, 6.45) is 2.69. The van der Waals surface area contributed by atoms with E-state index >= 15 is 0 Å². The van der Waals surface area contributed by atoms with Crippen LogP contribution in [-0.2, 0) is 6.42 Å². The molecule has 0 unspecified atom stereocenters. The molecule has 0 spiro atoms. The normalized spacial score (nSPS) is 10.4. The molecule has 0 amide bonds. The Morgan fingerprint density at radius 3 is 2.35 bits per heavy atom. The summed E-state index contributed by atoms with van der Waals surface area (Å²) in [4.78, 5) is 4.39.